The predicted octanol–water partition coefficient (Wildman–Crippen LogP) is 18.7. The lowest BCUT2D eigenvalue weighted by Crippen LogP contribution is -1.92. The van der Waals surface area contributed by atoms with E-state index in [4.69, 9.17) is 0 Å². The minimum Gasteiger partial charge on any atom is -0.0616 e. The van der Waals surface area contributed by atoms with E-state index in [1.165, 1.54) is 141 Å². The van der Waals surface area contributed by atoms with Crippen molar-refractivity contribution in [1.82, 2.24) is 0 Å². The van der Waals surface area contributed by atoms with Gasteiger partial charge in [-0.05, 0) is 166 Å². The molecule has 0 aromatic heterocycles. The number of fused-ring (bicyclic) bond motifs is 11. The summed E-state index contributed by atoms with van der Waals surface area (Å²) in [6.07, 6.45) is 0. The summed E-state index contributed by atoms with van der Waals surface area (Å²) < 4.78 is 0. The third-order valence-corrected chi connectivity index (χ3v) is 14.3. The second-order valence-corrected chi connectivity index (χ2v) is 17.9. The van der Waals surface area contributed by atoms with Crippen LogP contribution in [0.2, 0.25) is 0 Å². The highest BCUT2D eigenvalue weighted by Gasteiger charge is 2.20. The molecular weight excluding hydrogens is 793 g/mol. The molecule has 0 radical (unpaired) electrons. The fraction of sp³-hybridized carbons (Fsp3) is 0. The van der Waals surface area contributed by atoms with Crippen molar-refractivity contribution >= 4 is 97.0 Å². The van der Waals surface area contributed by atoms with Gasteiger partial charge in [0.25, 0.3) is 0 Å². The van der Waals surface area contributed by atoms with Crippen LogP contribution in [-0.4, -0.2) is 0 Å². The molecule has 0 aliphatic heterocycles. The first-order valence-corrected chi connectivity index (χ1v) is 23.0. The van der Waals surface area contributed by atoms with Gasteiger partial charge in [-0.2, -0.15) is 0 Å². The molecule has 14 rings (SSSR count). The maximum atomic E-state index is 2.47. The third-order valence-electron chi connectivity index (χ3n) is 14.3. The highest BCUT2D eigenvalue weighted by molar-refractivity contribution is 6.26. The Bertz CT molecular complexity index is 3950. The summed E-state index contributed by atoms with van der Waals surface area (Å²) in [6, 6.07) is 90.6. The van der Waals surface area contributed by atoms with Crippen LogP contribution < -0.4 is 0 Å². The fourth-order valence-corrected chi connectivity index (χ4v) is 11.4. The molecule has 0 unspecified atom stereocenters. The zero-order chi connectivity index (χ0) is 43.3. The van der Waals surface area contributed by atoms with Gasteiger partial charge in [0.05, 0.1) is 0 Å². The molecule has 304 valence electrons. The first-order valence-electron chi connectivity index (χ1n) is 23.0. The second-order valence-electron chi connectivity index (χ2n) is 17.9. The van der Waals surface area contributed by atoms with E-state index in [0.29, 0.717) is 0 Å². The minimum atomic E-state index is 1.22. The van der Waals surface area contributed by atoms with Gasteiger partial charge in [-0.3, -0.25) is 0 Å². The fourth-order valence-electron chi connectivity index (χ4n) is 11.4. The van der Waals surface area contributed by atoms with E-state index in [2.05, 4.69) is 243 Å². The van der Waals surface area contributed by atoms with Crippen LogP contribution in [0.3, 0.4) is 0 Å². The van der Waals surface area contributed by atoms with Crippen molar-refractivity contribution in [2.45, 2.75) is 0 Å². The van der Waals surface area contributed by atoms with Gasteiger partial charge < -0.3 is 0 Å². The Morgan fingerprint density at radius 2 is 0.394 bits per heavy atom. The molecule has 0 fully saturated rings. The molecule has 0 saturated heterocycles. The van der Waals surface area contributed by atoms with Gasteiger partial charge in [-0.25, -0.2) is 0 Å². The highest BCUT2D eigenvalue weighted by Crippen LogP contribution is 2.48. The summed E-state index contributed by atoms with van der Waals surface area (Å²) in [4.78, 5) is 0. The zero-order valence-electron chi connectivity index (χ0n) is 36.1. The quantitative estimate of drug-likeness (QED) is 0.122. The lowest BCUT2D eigenvalue weighted by molar-refractivity contribution is 1.68. The van der Waals surface area contributed by atoms with E-state index in [-0.39, 0.29) is 0 Å². The third kappa shape index (κ3) is 5.59. The Morgan fingerprint density at radius 3 is 0.727 bits per heavy atom. The maximum Gasteiger partial charge on any atom is -0.00261 e. The van der Waals surface area contributed by atoms with Crippen LogP contribution >= 0.6 is 0 Å². The Morgan fingerprint density at radius 1 is 0.152 bits per heavy atom. The molecule has 0 aliphatic carbocycles. The monoisotopic (exact) mass is 832 g/mol. The van der Waals surface area contributed by atoms with Gasteiger partial charge in [0, 0.05) is 0 Å². The molecule has 0 bridgehead atoms. The molecule has 0 heterocycles. The average Bonchev–Trinajstić information content (AvgIpc) is 3.38. The molecule has 14 aromatic rings. The number of hydrogen-bond acceptors (Lipinski definition) is 0. The summed E-state index contributed by atoms with van der Waals surface area (Å²) in [7, 11) is 0. The molecule has 0 aliphatic rings. The topological polar surface area (TPSA) is 0 Å². The molecule has 66 heavy (non-hydrogen) atoms. The Labute approximate surface area is 382 Å². The first kappa shape index (κ1) is 36.9. The van der Waals surface area contributed by atoms with Gasteiger partial charge in [-0.15, -0.1) is 0 Å². The predicted molar refractivity (Wildman–Crippen MR) is 286 cm³/mol. The van der Waals surface area contributed by atoms with Crippen molar-refractivity contribution in [2.24, 2.45) is 0 Å². The normalized spacial score (nSPS) is 11.9. The van der Waals surface area contributed by atoms with E-state index in [1.54, 1.807) is 0 Å². The van der Waals surface area contributed by atoms with Crippen molar-refractivity contribution in [3.05, 3.63) is 243 Å². The van der Waals surface area contributed by atoms with Crippen molar-refractivity contribution < 1.29 is 0 Å². The average molecular weight is 833 g/mol. The molecule has 0 spiro atoms. The van der Waals surface area contributed by atoms with Crippen LogP contribution in [0.25, 0.3) is 141 Å². The summed E-state index contributed by atoms with van der Waals surface area (Å²) in [6.45, 7) is 0. The molecular formula is C66H40. The van der Waals surface area contributed by atoms with E-state index in [0.717, 1.165) is 0 Å². The standard InChI is InChI=1S/C66H40/c1-3-15-46-37-48(33-25-41(46)13-1)63-52-17-5-9-21-56(52)65(57-22-10-6-18-53(57)63)50-35-29-43-27-31-45-32-28-44-30-36-51(40-61(44)62(45)60(43)39-50)66-58-23-11-7-19-54(58)64(55-20-8-12-24-59(55)66)49-34-26-42-14-2-4-16-47(42)38-49/h1-40H. The largest absolute Gasteiger partial charge is 0.0616 e. The summed E-state index contributed by atoms with van der Waals surface area (Å²) in [5.74, 6) is 0. The van der Waals surface area contributed by atoms with E-state index in [9.17, 15) is 0 Å². The van der Waals surface area contributed by atoms with Gasteiger partial charge in [0.1, 0.15) is 0 Å². The zero-order valence-corrected chi connectivity index (χ0v) is 36.1. The SMILES string of the molecule is c1ccc2cc(-c3c4ccccc4c(-c4ccc5ccc6ccc7ccc(-c8c9ccccc9c(-c9ccc%10ccccc%10c9)c9ccccc89)cc7c6c5c4)c4ccccc34)ccc2c1. The van der Waals surface area contributed by atoms with Gasteiger partial charge >= 0.3 is 0 Å². The van der Waals surface area contributed by atoms with Crippen molar-refractivity contribution in [3.8, 4) is 44.5 Å². The molecule has 0 atom stereocenters. The van der Waals surface area contributed by atoms with Crippen molar-refractivity contribution in [2.75, 3.05) is 0 Å². The molecule has 0 saturated carbocycles. The van der Waals surface area contributed by atoms with Crippen LogP contribution in [0.1, 0.15) is 0 Å². The summed E-state index contributed by atoms with van der Waals surface area (Å²) >= 11 is 0. The second kappa shape index (κ2) is 14.5. The smallest absolute Gasteiger partial charge is 0.00261 e. The van der Waals surface area contributed by atoms with Crippen LogP contribution in [0, 0.1) is 0 Å². The lowest BCUT2D eigenvalue weighted by atomic mass is 9.84. The van der Waals surface area contributed by atoms with Crippen molar-refractivity contribution in [3.63, 3.8) is 0 Å². The minimum absolute atomic E-state index is 1.22. The van der Waals surface area contributed by atoms with E-state index < -0.39 is 0 Å². The Kier molecular flexibility index (Phi) is 8.08. The lowest BCUT2D eigenvalue weighted by Gasteiger charge is -2.19. The van der Waals surface area contributed by atoms with Gasteiger partial charge in [0.15, 0.2) is 0 Å². The molecule has 0 heteroatoms. The van der Waals surface area contributed by atoms with Gasteiger partial charge in [0.2, 0.25) is 0 Å². The number of rotatable bonds is 4. The van der Waals surface area contributed by atoms with Crippen LogP contribution in [0.4, 0.5) is 0 Å². The van der Waals surface area contributed by atoms with Crippen LogP contribution in [0.5, 0.6) is 0 Å². The van der Waals surface area contributed by atoms with Crippen LogP contribution in [0.15, 0.2) is 243 Å². The molecule has 0 N–H and O–H groups in total. The summed E-state index contributed by atoms with van der Waals surface area (Å²) in [5.41, 5.74) is 10.0. The first-order chi connectivity index (χ1) is 32.7. The number of hydrogen-bond donors (Lipinski definition) is 0. The van der Waals surface area contributed by atoms with Gasteiger partial charge in [-0.1, -0.05) is 218 Å². The Balaban J connectivity index is 1.01. The maximum absolute atomic E-state index is 2.47. The van der Waals surface area contributed by atoms with E-state index in [1.807, 2.05) is 0 Å². The molecule has 0 nitrogen and oxygen atoms in total. The van der Waals surface area contributed by atoms with Crippen molar-refractivity contribution in [1.29, 1.82) is 0 Å². The Hall–Kier alpha value is -8.58. The van der Waals surface area contributed by atoms with E-state index >= 15 is 0 Å². The summed E-state index contributed by atoms with van der Waals surface area (Å²) in [5, 5.41) is 22.7. The molecule has 14 aromatic carbocycles. The van der Waals surface area contributed by atoms with Crippen LogP contribution in [-0.2, 0) is 0 Å². The number of benzene rings is 14. The highest BCUT2D eigenvalue weighted by atomic mass is 14.2. The molecule has 0 amide bonds.